The van der Waals surface area contributed by atoms with E-state index in [1.54, 1.807) is 17.9 Å². The number of aryl methyl sites for hydroxylation is 1. The van der Waals surface area contributed by atoms with Gasteiger partial charge in [-0.05, 0) is 53.8 Å². The topological polar surface area (TPSA) is 77.0 Å². The maximum absolute atomic E-state index is 13.8. The first-order valence-corrected chi connectivity index (χ1v) is 10.2. The van der Waals surface area contributed by atoms with Gasteiger partial charge in [0.1, 0.15) is 23.6 Å². The molecular formula is C24H22FN5O. The van der Waals surface area contributed by atoms with Crippen molar-refractivity contribution >= 4 is 28.4 Å². The van der Waals surface area contributed by atoms with E-state index < -0.39 is 0 Å². The van der Waals surface area contributed by atoms with Crippen molar-refractivity contribution in [2.75, 3.05) is 17.2 Å². The Hall–Kier alpha value is -3.74. The van der Waals surface area contributed by atoms with Gasteiger partial charge in [0.25, 0.3) is 0 Å². The third kappa shape index (κ3) is 3.13. The summed E-state index contributed by atoms with van der Waals surface area (Å²) in [4.78, 5) is 23.3. The number of rotatable bonds is 3. The van der Waals surface area contributed by atoms with Gasteiger partial charge in [-0.3, -0.25) is 4.79 Å². The molecule has 0 saturated heterocycles. The average molecular weight is 415 g/mol. The number of nitrogens with zero attached hydrogens (tertiary/aromatic N) is 4. The molecule has 0 unspecified atom stereocenters. The number of nitrogen functional groups attached to an aromatic ring is 1. The molecule has 0 radical (unpaired) electrons. The van der Waals surface area contributed by atoms with Gasteiger partial charge >= 0.3 is 0 Å². The lowest BCUT2D eigenvalue weighted by Gasteiger charge is -2.18. The Morgan fingerprint density at radius 2 is 2.06 bits per heavy atom. The van der Waals surface area contributed by atoms with Gasteiger partial charge in [0, 0.05) is 31.0 Å². The number of nitrogens with two attached hydrogens (primary N) is 1. The summed E-state index contributed by atoms with van der Waals surface area (Å²) < 4.78 is 15.8. The van der Waals surface area contributed by atoms with Crippen molar-refractivity contribution in [3.8, 4) is 11.1 Å². The van der Waals surface area contributed by atoms with E-state index in [0.717, 1.165) is 45.4 Å². The normalized spacial score (nSPS) is 13.1. The van der Waals surface area contributed by atoms with E-state index in [2.05, 4.69) is 16.0 Å². The van der Waals surface area contributed by atoms with E-state index in [9.17, 15) is 9.18 Å². The minimum atomic E-state index is -0.282. The highest BCUT2D eigenvalue weighted by atomic mass is 19.1. The molecule has 6 nitrogen and oxygen atoms in total. The van der Waals surface area contributed by atoms with Crippen LogP contribution in [0, 0.1) is 12.7 Å². The minimum absolute atomic E-state index is 0.0250. The SMILES string of the molecule is Cc1c(F)cccc1CC(=O)N1CCc2cc(-c3cn(C)c4ncnc(N)c34)ccc21. The second kappa shape index (κ2) is 7.19. The Balaban J connectivity index is 1.47. The zero-order valence-electron chi connectivity index (χ0n) is 17.4. The molecule has 0 fully saturated rings. The molecule has 1 aliphatic rings. The van der Waals surface area contributed by atoms with Crippen molar-refractivity contribution in [1.29, 1.82) is 0 Å². The van der Waals surface area contributed by atoms with Gasteiger partial charge < -0.3 is 15.2 Å². The first-order valence-electron chi connectivity index (χ1n) is 10.2. The predicted molar refractivity (Wildman–Crippen MR) is 119 cm³/mol. The Morgan fingerprint density at radius 3 is 2.90 bits per heavy atom. The fourth-order valence-corrected chi connectivity index (χ4v) is 4.38. The molecule has 1 amide bonds. The van der Waals surface area contributed by atoms with Crippen molar-refractivity contribution in [2.45, 2.75) is 19.8 Å². The van der Waals surface area contributed by atoms with Crippen LogP contribution >= 0.6 is 0 Å². The number of halogens is 1. The highest BCUT2D eigenvalue weighted by molar-refractivity contribution is 6.02. The highest BCUT2D eigenvalue weighted by Gasteiger charge is 2.26. The Bertz CT molecular complexity index is 1340. The molecule has 7 heteroatoms. The molecular weight excluding hydrogens is 393 g/mol. The van der Waals surface area contributed by atoms with E-state index in [1.165, 1.54) is 12.4 Å². The van der Waals surface area contributed by atoms with Crippen LogP contribution in [0.15, 0.2) is 48.9 Å². The number of benzene rings is 2. The number of anilines is 2. The number of amides is 1. The van der Waals surface area contributed by atoms with Gasteiger partial charge in [-0.1, -0.05) is 18.2 Å². The summed E-state index contributed by atoms with van der Waals surface area (Å²) in [6.07, 6.45) is 4.42. The Kier molecular flexibility index (Phi) is 4.46. The molecule has 1 aliphatic heterocycles. The molecule has 31 heavy (non-hydrogen) atoms. The van der Waals surface area contributed by atoms with Gasteiger partial charge in [-0.25, -0.2) is 14.4 Å². The largest absolute Gasteiger partial charge is 0.383 e. The van der Waals surface area contributed by atoms with Crippen LogP contribution in [0.4, 0.5) is 15.9 Å². The molecule has 4 aromatic rings. The van der Waals surface area contributed by atoms with Crippen LogP contribution in [0.2, 0.25) is 0 Å². The monoisotopic (exact) mass is 415 g/mol. The summed E-state index contributed by atoms with van der Waals surface area (Å²) in [7, 11) is 1.93. The zero-order chi connectivity index (χ0) is 21.7. The van der Waals surface area contributed by atoms with E-state index in [-0.39, 0.29) is 18.1 Å². The maximum atomic E-state index is 13.8. The molecule has 2 aromatic carbocycles. The lowest BCUT2D eigenvalue weighted by Crippen LogP contribution is -2.30. The summed E-state index contributed by atoms with van der Waals surface area (Å²) >= 11 is 0. The molecule has 3 heterocycles. The fraction of sp³-hybridized carbons (Fsp3) is 0.208. The number of carbonyl (C=O) groups is 1. The van der Waals surface area contributed by atoms with Gasteiger partial charge in [-0.2, -0.15) is 0 Å². The zero-order valence-corrected chi connectivity index (χ0v) is 17.4. The molecule has 0 bridgehead atoms. The minimum Gasteiger partial charge on any atom is -0.383 e. The molecule has 0 spiro atoms. The number of fused-ring (bicyclic) bond motifs is 2. The van der Waals surface area contributed by atoms with E-state index in [0.29, 0.717) is 17.9 Å². The fourth-order valence-electron chi connectivity index (χ4n) is 4.38. The van der Waals surface area contributed by atoms with Crippen LogP contribution in [-0.2, 0) is 24.7 Å². The van der Waals surface area contributed by atoms with Gasteiger partial charge in [-0.15, -0.1) is 0 Å². The van der Waals surface area contributed by atoms with Gasteiger partial charge in [0.15, 0.2) is 0 Å². The quantitative estimate of drug-likeness (QED) is 0.552. The number of hydrogen-bond acceptors (Lipinski definition) is 4. The highest BCUT2D eigenvalue weighted by Crippen LogP contribution is 2.37. The molecule has 2 aromatic heterocycles. The predicted octanol–water partition coefficient (Wildman–Crippen LogP) is 3.80. The second-order valence-corrected chi connectivity index (χ2v) is 7.95. The number of carbonyl (C=O) groups excluding carboxylic acids is 1. The molecule has 156 valence electrons. The third-order valence-electron chi connectivity index (χ3n) is 6.09. The molecule has 0 aliphatic carbocycles. The van der Waals surface area contributed by atoms with Crippen molar-refractivity contribution in [2.24, 2.45) is 7.05 Å². The lowest BCUT2D eigenvalue weighted by atomic mass is 10.0. The Morgan fingerprint density at radius 1 is 1.23 bits per heavy atom. The summed E-state index contributed by atoms with van der Waals surface area (Å²) in [5.41, 5.74) is 12.2. The second-order valence-electron chi connectivity index (χ2n) is 7.95. The van der Waals surface area contributed by atoms with Crippen LogP contribution < -0.4 is 10.6 Å². The van der Waals surface area contributed by atoms with Crippen molar-refractivity contribution < 1.29 is 9.18 Å². The number of aromatic nitrogens is 3. The van der Waals surface area contributed by atoms with Gasteiger partial charge in [0.05, 0.1) is 11.8 Å². The van der Waals surface area contributed by atoms with E-state index in [1.807, 2.05) is 36.0 Å². The van der Waals surface area contributed by atoms with Gasteiger partial charge in [0.2, 0.25) is 5.91 Å². The average Bonchev–Trinajstić information content (AvgIpc) is 3.33. The summed E-state index contributed by atoms with van der Waals surface area (Å²) in [5, 5.41) is 0.831. The maximum Gasteiger partial charge on any atom is 0.231 e. The standard InChI is InChI=1S/C24H22FN5O/c1-14-15(4-3-5-19(14)25)11-21(31)30-9-8-17-10-16(6-7-20(17)30)18-12-29(2)24-22(18)23(26)27-13-28-24/h3-7,10,12-13H,8-9,11H2,1-2H3,(H2,26,27,28). The molecule has 2 N–H and O–H groups in total. The molecule has 0 atom stereocenters. The van der Waals surface area contributed by atoms with Crippen molar-refractivity contribution in [1.82, 2.24) is 14.5 Å². The smallest absolute Gasteiger partial charge is 0.231 e. The molecule has 5 rings (SSSR count). The van der Waals surface area contributed by atoms with Crippen molar-refractivity contribution in [3.05, 3.63) is 71.4 Å². The Labute approximate surface area is 179 Å². The van der Waals surface area contributed by atoms with Crippen LogP contribution in [0.3, 0.4) is 0 Å². The third-order valence-corrected chi connectivity index (χ3v) is 6.09. The van der Waals surface area contributed by atoms with Crippen LogP contribution in [0.25, 0.3) is 22.2 Å². The van der Waals surface area contributed by atoms with E-state index >= 15 is 0 Å². The summed E-state index contributed by atoms with van der Waals surface area (Å²) in [5.74, 6) is 0.140. The summed E-state index contributed by atoms with van der Waals surface area (Å²) in [6.45, 7) is 2.33. The van der Waals surface area contributed by atoms with Crippen LogP contribution in [-0.4, -0.2) is 27.0 Å². The lowest BCUT2D eigenvalue weighted by molar-refractivity contribution is -0.117. The van der Waals surface area contributed by atoms with E-state index in [4.69, 9.17) is 5.73 Å². The van der Waals surface area contributed by atoms with Crippen LogP contribution in [0.1, 0.15) is 16.7 Å². The molecule has 0 saturated carbocycles. The van der Waals surface area contributed by atoms with Crippen molar-refractivity contribution in [3.63, 3.8) is 0 Å². The number of hydrogen-bond donors (Lipinski definition) is 1. The van der Waals surface area contributed by atoms with Crippen LogP contribution in [0.5, 0.6) is 0 Å². The first kappa shape index (κ1) is 19.2. The first-order chi connectivity index (χ1) is 14.9. The summed E-state index contributed by atoms with van der Waals surface area (Å²) in [6, 6.07) is 11.0.